The normalized spacial score (nSPS) is 19.0. The number of benzene rings is 2. The number of likely N-dealkylation sites (tertiary alicyclic amines) is 2. The Balaban J connectivity index is 1.36. The molecule has 2 fully saturated rings. The number of carbonyl (C=O) groups excluding carboxylic acids is 1. The Bertz CT molecular complexity index is 1380. The van der Waals surface area contributed by atoms with Crippen LogP contribution in [0.3, 0.4) is 0 Å². The lowest BCUT2D eigenvalue weighted by Gasteiger charge is -2.29. The minimum absolute atomic E-state index is 0.0652. The molecule has 3 aromatic rings. The number of hydrogen-bond donors (Lipinski definition) is 3. The second kappa shape index (κ2) is 11.4. The predicted molar refractivity (Wildman–Crippen MR) is 155 cm³/mol. The number of amides is 1. The number of imidazole rings is 1. The van der Waals surface area contributed by atoms with Crippen LogP contribution >= 0.6 is 23.2 Å². The van der Waals surface area contributed by atoms with Gasteiger partial charge in [0.25, 0.3) is 5.91 Å². The molecular formula is C28H33Cl2N7O. The molecule has 10 heteroatoms. The molecule has 0 radical (unpaired) electrons. The fraction of sp³-hybridized carbons (Fsp3) is 0.393. The lowest BCUT2D eigenvalue weighted by atomic mass is 10.0. The highest BCUT2D eigenvalue weighted by Crippen LogP contribution is 2.34. The number of aromatic amines is 1. The largest absolute Gasteiger partial charge is 0.390 e. The molecule has 3 heterocycles. The molecule has 1 aromatic heterocycles. The predicted octanol–water partition coefficient (Wildman–Crippen LogP) is 5.51. The summed E-state index contributed by atoms with van der Waals surface area (Å²) in [7, 11) is 0. The van der Waals surface area contributed by atoms with Gasteiger partial charge in [0.15, 0.2) is 0 Å². The summed E-state index contributed by atoms with van der Waals surface area (Å²) in [6.07, 6.45) is 5.69. The zero-order chi connectivity index (χ0) is 26.8. The van der Waals surface area contributed by atoms with E-state index in [-0.39, 0.29) is 18.0 Å². The van der Waals surface area contributed by atoms with Crippen LogP contribution in [0.25, 0.3) is 16.7 Å². The van der Waals surface area contributed by atoms with Crippen LogP contribution in [0.5, 0.6) is 0 Å². The molecule has 5 rings (SSSR count). The number of nitrogens with one attached hydrogen (secondary N) is 2. The molecule has 0 aliphatic carbocycles. The Morgan fingerprint density at radius 1 is 1.24 bits per heavy atom. The minimum Gasteiger partial charge on any atom is -0.390 e. The molecule has 0 unspecified atom stereocenters. The van der Waals surface area contributed by atoms with E-state index in [1.807, 2.05) is 30.0 Å². The minimum atomic E-state index is -0.195. The highest BCUT2D eigenvalue weighted by Gasteiger charge is 2.32. The number of fused-ring (bicyclic) bond motifs is 1. The van der Waals surface area contributed by atoms with E-state index in [0.717, 1.165) is 55.9 Å². The Morgan fingerprint density at radius 2 is 2.03 bits per heavy atom. The third kappa shape index (κ3) is 5.53. The Kier molecular flexibility index (Phi) is 7.93. The van der Waals surface area contributed by atoms with E-state index < -0.39 is 0 Å². The summed E-state index contributed by atoms with van der Waals surface area (Å²) >= 11 is 12.8. The zero-order valence-electron chi connectivity index (χ0n) is 21.5. The summed E-state index contributed by atoms with van der Waals surface area (Å²) in [5, 5.41) is 4.36. The van der Waals surface area contributed by atoms with Gasteiger partial charge in [-0.05, 0) is 76.0 Å². The zero-order valence-corrected chi connectivity index (χ0v) is 23.0. The standard InChI is InChI=1S/C28H33Cl2N7O/c1-17(33-18(2)27-34-24-8-7-19(29)12-26(24)35-27)21-13-23(30)22(14-25(21)32-16-31)28(38)37-11-5-6-20(37)15-36-9-3-4-10-36/h7-8,12-14,16,18,20,33H,1,3-6,9-11,15H2,2H3,(H2,31,32)(H,34,35)/t18-,20-/m0/s1. The summed E-state index contributed by atoms with van der Waals surface area (Å²) in [6, 6.07) is 9.00. The van der Waals surface area contributed by atoms with Gasteiger partial charge in [0.1, 0.15) is 5.82 Å². The van der Waals surface area contributed by atoms with Gasteiger partial charge in [-0.3, -0.25) is 4.79 Å². The van der Waals surface area contributed by atoms with Crippen molar-refractivity contribution in [2.75, 3.05) is 26.2 Å². The summed E-state index contributed by atoms with van der Waals surface area (Å²) in [6.45, 7) is 10.1. The molecule has 2 atom stereocenters. The summed E-state index contributed by atoms with van der Waals surface area (Å²) in [5.74, 6) is 0.674. The first-order chi connectivity index (χ1) is 18.3. The van der Waals surface area contributed by atoms with Crippen LogP contribution in [0.1, 0.15) is 60.4 Å². The number of nitrogens with two attached hydrogens (primary N) is 1. The number of rotatable bonds is 8. The molecule has 2 saturated heterocycles. The van der Waals surface area contributed by atoms with Crippen LogP contribution in [-0.2, 0) is 0 Å². The Hall–Kier alpha value is -3.07. The number of hydrogen-bond acceptors (Lipinski definition) is 5. The van der Waals surface area contributed by atoms with E-state index >= 15 is 0 Å². The highest BCUT2D eigenvalue weighted by molar-refractivity contribution is 6.34. The molecule has 4 N–H and O–H groups in total. The third-order valence-electron chi connectivity index (χ3n) is 7.42. The maximum Gasteiger partial charge on any atom is 0.255 e. The summed E-state index contributed by atoms with van der Waals surface area (Å²) in [5.41, 5.74) is 9.56. The fourth-order valence-corrected chi connectivity index (χ4v) is 5.89. The summed E-state index contributed by atoms with van der Waals surface area (Å²) in [4.78, 5) is 30.4. The van der Waals surface area contributed by atoms with Crippen LogP contribution in [0.2, 0.25) is 10.0 Å². The van der Waals surface area contributed by atoms with E-state index in [9.17, 15) is 4.79 Å². The second-order valence-corrected chi connectivity index (χ2v) is 10.9. The van der Waals surface area contributed by atoms with Crippen molar-refractivity contribution < 1.29 is 4.79 Å². The third-order valence-corrected chi connectivity index (χ3v) is 7.97. The Morgan fingerprint density at radius 3 is 2.79 bits per heavy atom. The van der Waals surface area contributed by atoms with Crippen molar-refractivity contribution in [2.45, 2.75) is 44.7 Å². The van der Waals surface area contributed by atoms with Gasteiger partial charge in [-0.15, -0.1) is 0 Å². The van der Waals surface area contributed by atoms with Crippen LogP contribution in [0.4, 0.5) is 5.69 Å². The van der Waals surface area contributed by atoms with Gasteiger partial charge in [0.2, 0.25) is 0 Å². The molecule has 1 amide bonds. The average Bonchev–Trinajstić information content (AvgIpc) is 3.66. The molecule has 2 aliphatic heterocycles. The molecular weight excluding hydrogens is 521 g/mol. The molecule has 2 aliphatic rings. The Labute approximate surface area is 232 Å². The van der Waals surface area contributed by atoms with Crippen molar-refractivity contribution >= 4 is 57.9 Å². The van der Waals surface area contributed by atoms with Gasteiger partial charge in [-0.1, -0.05) is 29.8 Å². The van der Waals surface area contributed by atoms with Gasteiger partial charge >= 0.3 is 0 Å². The van der Waals surface area contributed by atoms with Crippen molar-refractivity contribution in [2.24, 2.45) is 10.7 Å². The van der Waals surface area contributed by atoms with E-state index in [0.29, 0.717) is 32.6 Å². The van der Waals surface area contributed by atoms with E-state index in [1.54, 1.807) is 12.1 Å². The maximum absolute atomic E-state index is 13.6. The van der Waals surface area contributed by atoms with E-state index in [2.05, 4.69) is 31.8 Å². The van der Waals surface area contributed by atoms with Crippen LogP contribution in [-0.4, -0.2) is 64.2 Å². The lowest BCUT2D eigenvalue weighted by Crippen LogP contribution is -2.42. The van der Waals surface area contributed by atoms with Crippen molar-refractivity contribution in [3.63, 3.8) is 0 Å². The summed E-state index contributed by atoms with van der Waals surface area (Å²) < 4.78 is 0. The number of carbonyl (C=O) groups is 1. The average molecular weight is 555 g/mol. The van der Waals surface area contributed by atoms with Crippen molar-refractivity contribution in [3.8, 4) is 0 Å². The van der Waals surface area contributed by atoms with Crippen LogP contribution in [0.15, 0.2) is 41.9 Å². The molecule has 0 saturated carbocycles. The molecule has 38 heavy (non-hydrogen) atoms. The molecule has 0 spiro atoms. The quantitative estimate of drug-likeness (QED) is 0.252. The number of nitrogens with zero attached hydrogens (tertiary/aromatic N) is 4. The van der Waals surface area contributed by atoms with Gasteiger partial charge in [0, 0.05) is 35.4 Å². The number of halogens is 2. The first kappa shape index (κ1) is 26.5. The number of aliphatic imine (C=N–C) groups is 1. The molecule has 8 nitrogen and oxygen atoms in total. The van der Waals surface area contributed by atoms with Crippen LogP contribution in [0, 0.1) is 0 Å². The SMILES string of the molecule is C=C(N[C@@H](C)c1nc2cc(Cl)ccc2[nH]1)c1cc(Cl)c(C(=O)N2CCC[C@H]2CN2CCCC2)cc1/N=C\N. The smallest absolute Gasteiger partial charge is 0.255 e. The van der Waals surface area contributed by atoms with E-state index in [4.69, 9.17) is 28.9 Å². The van der Waals surface area contributed by atoms with Gasteiger partial charge in [-0.25, -0.2) is 9.98 Å². The molecule has 200 valence electrons. The monoisotopic (exact) mass is 553 g/mol. The van der Waals surface area contributed by atoms with Crippen LogP contribution < -0.4 is 11.1 Å². The molecule has 2 aromatic carbocycles. The van der Waals surface area contributed by atoms with Crippen molar-refractivity contribution in [1.29, 1.82) is 0 Å². The van der Waals surface area contributed by atoms with Gasteiger partial charge in [0.05, 0.1) is 39.7 Å². The molecule has 0 bridgehead atoms. The van der Waals surface area contributed by atoms with Gasteiger partial charge in [-0.2, -0.15) is 0 Å². The second-order valence-electron chi connectivity index (χ2n) is 10.1. The number of H-pyrrole nitrogens is 1. The lowest BCUT2D eigenvalue weighted by molar-refractivity contribution is 0.0709. The maximum atomic E-state index is 13.6. The van der Waals surface area contributed by atoms with Crippen molar-refractivity contribution in [3.05, 3.63) is 63.9 Å². The van der Waals surface area contributed by atoms with Gasteiger partial charge < -0.3 is 25.8 Å². The first-order valence-electron chi connectivity index (χ1n) is 13.1. The van der Waals surface area contributed by atoms with Crippen molar-refractivity contribution in [1.82, 2.24) is 25.1 Å². The fourth-order valence-electron chi connectivity index (χ4n) is 5.48. The first-order valence-corrected chi connectivity index (χ1v) is 13.8. The topological polar surface area (TPSA) is 103 Å². The van der Waals surface area contributed by atoms with E-state index in [1.165, 1.54) is 19.2 Å². The number of aromatic nitrogens is 2. The highest BCUT2D eigenvalue weighted by atomic mass is 35.5.